The van der Waals surface area contributed by atoms with E-state index in [0.29, 0.717) is 29.7 Å². The van der Waals surface area contributed by atoms with E-state index in [1.54, 1.807) is 7.11 Å². The van der Waals surface area contributed by atoms with Gasteiger partial charge in [-0.05, 0) is 18.6 Å². The minimum absolute atomic E-state index is 0.0626. The summed E-state index contributed by atoms with van der Waals surface area (Å²) in [6, 6.07) is 13.5. The van der Waals surface area contributed by atoms with Crippen LogP contribution in [-0.2, 0) is 13.2 Å². The molecule has 0 unspecified atom stereocenters. The van der Waals surface area contributed by atoms with E-state index in [1.165, 1.54) is 0 Å². The lowest BCUT2D eigenvalue weighted by Crippen LogP contribution is -2.31. The van der Waals surface area contributed by atoms with Crippen molar-refractivity contribution < 1.29 is 14.6 Å². The average Bonchev–Trinajstić information content (AvgIpc) is 2.62. The Bertz CT molecular complexity index is 644. The van der Waals surface area contributed by atoms with Crippen molar-refractivity contribution >= 4 is 11.6 Å². The Balaban J connectivity index is 2.15. The fourth-order valence-corrected chi connectivity index (χ4v) is 2.57. The van der Waals surface area contributed by atoms with Crippen molar-refractivity contribution in [2.75, 3.05) is 13.7 Å². The molecule has 0 aliphatic carbocycles. The molecular formula is C19H24ClNO3. The van der Waals surface area contributed by atoms with E-state index < -0.39 is 0 Å². The zero-order valence-corrected chi connectivity index (χ0v) is 14.8. The van der Waals surface area contributed by atoms with Gasteiger partial charge in [-0.2, -0.15) is 0 Å². The summed E-state index contributed by atoms with van der Waals surface area (Å²) in [6.07, 6.45) is 0.857. The van der Waals surface area contributed by atoms with Crippen molar-refractivity contribution in [3.8, 4) is 11.5 Å². The second kappa shape index (κ2) is 9.52. The molecule has 0 bridgehead atoms. The summed E-state index contributed by atoms with van der Waals surface area (Å²) < 4.78 is 11.4. The summed E-state index contributed by atoms with van der Waals surface area (Å²) in [5.41, 5.74) is 1.90. The molecule has 24 heavy (non-hydrogen) atoms. The van der Waals surface area contributed by atoms with Gasteiger partial charge in [0.15, 0.2) is 11.5 Å². The van der Waals surface area contributed by atoms with Crippen LogP contribution in [0, 0.1) is 0 Å². The summed E-state index contributed by atoms with van der Waals surface area (Å²) >= 11 is 6.19. The topological polar surface area (TPSA) is 50.7 Å². The number of aliphatic hydroxyl groups is 1. The quantitative estimate of drug-likeness (QED) is 0.723. The Hall–Kier alpha value is -1.75. The zero-order chi connectivity index (χ0) is 17.4. The maximum absolute atomic E-state index is 9.32. The highest BCUT2D eigenvalue weighted by molar-refractivity contribution is 6.31. The Kier molecular flexibility index (Phi) is 7.37. The largest absolute Gasteiger partial charge is 0.493 e. The van der Waals surface area contributed by atoms with Crippen LogP contribution in [0.2, 0.25) is 5.02 Å². The number of nitrogens with one attached hydrogen (secondary N) is 1. The van der Waals surface area contributed by atoms with Gasteiger partial charge in [-0.1, -0.05) is 48.9 Å². The molecular weight excluding hydrogens is 326 g/mol. The second-order valence-electron chi connectivity index (χ2n) is 5.50. The third-order valence-corrected chi connectivity index (χ3v) is 4.27. The number of ether oxygens (including phenoxy) is 2. The van der Waals surface area contributed by atoms with Crippen LogP contribution in [0.4, 0.5) is 0 Å². The van der Waals surface area contributed by atoms with E-state index >= 15 is 0 Å². The molecule has 2 aromatic carbocycles. The van der Waals surface area contributed by atoms with Gasteiger partial charge < -0.3 is 19.9 Å². The summed E-state index contributed by atoms with van der Waals surface area (Å²) in [4.78, 5) is 0. The standard InChI is InChI=1S/C19H24ClNO3/c1-3-16(12-22)21-11-14-8-6-10-18(23-2)19(14)24-13-15-7-4-5-9-17(15)20/h4-10,16,21-22H,3,11-13H2,1-2H3/t16-/m0/s1. The molecule has 2 N–H and O–H groups in total. The van der Waals surface area contributed by atoms with E-state index in [-0.39, 0.29) is 12.6 Å². The fourth-order valence-electron chi connectivity index (χ4n) is 2.38. The lowest BCUT2D eigenvalue weighted by atomic mass is 10.1. The Morgan fingerprint density at radius 1 is 1.12 bits per heavy atom. The number of hydrogen-bond donors (Lipinski definition) is 2. The molecule has 0 amide bonds. The Morgan fingerprint density at radius 3 is 2.54 bits per heavy atom. The van der Waals surface area contributed by atoms with Crippen LogP contribution in [0.25, 0.3) is 0 Å². The molecule has 5 heteroatoms. The SMILES string of the molecule is CC[C@@H](CO)NCc1cccc(OC)c1OCc1ccccc1Cl. The molecule has 0 aliphatic heterocycles. The predicted octanol–water partition coefficient (Wildman–Crippen LogP) is 3.79. The number of halogens is 1. The number of benzene rings is 2. The monoisotopic (exact) mass is 349 g/mol. The van der Waals surface area contributed by atoms with Crippen molar-refractivity contribution in [2.45, 2.75) is 32.5 Å². The highest BCUT2D eigenvalue weighted by atomic mass is 35.5. The van der Waals surface area contributed by atoms with Crippen LogP contribution < -0.4 is 14.8 Å². The van der Waals surface area contributed by atoms with Gasteiger partial charge in [-0.3, -0.25) is 0 Å². The van der Waals surface area contributed by atoms with Crippen molar-refractivity contribution in [1.29, 1.82) is 0 Å². The van der Waals surface area contributed by atoms with E-state index in [9.17, 15) is 5.11 Å². The summed E-state index contributed by atoms with van der Waals surface area (Å²) in [5, 5.41) is 13.3. The number of aliphatic hydroxyl groups excluding tert-OH is 1. The minimum Gasteiger partial charge on any atom is -0.493 e. The molecule has 1 atom stereocenters. The molecule has 4 nitrogen and oxygen atoms in total. The first kappa shape index (κ1) is 18.6. The van der Waals surface area contributed by atoms with Gasteiger partial charge in [0.1, 0.15) is 6.61 Å². The lowest BCUT2D eigenvalue weighted by Gasteiger charge is -2.18. The summed E-state index contributed by atoms with van der Waals surface area (Å²) in [6.45, 7) is 3.10. The Labute approximate surface area is 148 Å². The second-order valence-corrected chi connectivity index (χ2v) is 5.90. The van der Waals surface area contributed by atoms with Crippen molar-refractivity contribution in [3.05, 3.63) is 58.6 Å². The molecule has 2 rings (SSSR count). The molecule has 0 spiro atoms. The lowest BCUT2D eigenvalue weighted by molar-refractivity contribution is 0.236. The van der Waals surface area contributed by atoms with Gasteiger partial charge in [0.25, 0.3) is 0 Å². The normalized spacial score (nSPS) is 12.0. The molecule has 0 radical (unpaired) electrons. The van der Waals surface area contributed by atoms with Crippen LogP contribution in [0.1, 0.15) is 24.5 Å². The predicted molar refractivity (Wildman–Crippen MR) is 96.8 cm³/mol. The number of para-hydroxylation sites is 1. The van der Waals surface area contributed by atoms with Gasteiger partial charge in [0.2, 0.25) is 0 Å². The van der Waals surface area contributed by atoms with Gasteiger partial charge in [-0.25, -0.2) is 0 Å². The smallest absolute Gasteiger partial charge is 0.166 e. The molecule has 0 saturated heterocycles. The van der Waals surface area contributed by atoms with Crippen molar-refractivity contribution in [1.82, 2.24) is 5.32 Å². The molecule has 0 aliphatic rings. The van der Waals surface area contributed by atoms with E-state index in [1.807, 2.05) is 49.4 Å². The number of rotatable bonds is 9. The Morgan fingerprint density at radius 2 is 1.88 bits per heavy atom. The number of methoxy groups -OCH3 is 1. The first-order valence-electron chi connectivity index (χ1n) is 8.05. The van der Waals surface area contributed by atoms with Crippen LogP contribution in [0.3, 0.4) is 0 Å². The van der Waals surface area contributed by atoms with Gasteiger partial charge in [0, 0.05) is 28.7 Å². The van der Waals surface area contributed by atoms with Crippen LogP contribution in [0.5, 0.6) is 11.5 Å². The zero-order valence-electron chi connectivity index (χ0n) is 14.1. The summed E-state index contributed by atoms with van der Waals surface area (Å²) in [5.74, 6) is 1.37. The first-order valence-corrected chi connectivity index (χ1v) is 8.43. The van der Waals surface area contributed by atoms with Crippen LogP contribution in [-0.4, -0.2) is 24.9 Å². The first-order chi connectivity index (χ1) is 11.7. The van der Waals surface area contributed by atoms with E-state index in [4.69, 9.17) is 21.1 Å². The average molecular weight is 350 g/mol. The maximum atomic E-state index is 9.32. The van der Waals surface area contributed by atoms with Gasteiger partial charge in [0.05, 0.1) is 13.7 Å². The van der Waals surface area contributed by atoms with E-state index in [0.717, 1.165) is 17.5 Å². The molecule has 0 heterocycles. The number of hydrogen-bond acceptors (Lipinski definition) is 4. The molecule has 0 saturated carbocycles. The third-order valence-electron chi connectivity index (χ3n) is 3.90. The van der Waals surface area contributed by atoms with Gasteiger partial charge >= 0.3 is 0 Å². The fraction of sp³-hybridized carbons (Fsp3) is 0.368. The molecule has 0 aromatic heterocycles. The van der Waals surface area contributed by atoms with Gasteiger partial charge in [-0.15, -0.1) is 0 Å². The van der Waals surface area contributed by atoms with Crippen LogP contribution in [0.15, 0.2) is 42.5 Å². The van der Waals surface area contributed by atoms with E-state index in [2.05, 4.69) is 5.32 Å². The molecule has 2 aromatic rings. The third kappa shape index (κ3) is 4.87. The molecule has 0 fully saturated rings. The van der Waals surface area contributed by atoms with Crippen molar-refractivity contribution in [3.63, 3.8) is 0 Å². The highest BCUT2D eigenvalue weighted by Gasteiger charge is 2.13. The maximum Gasteiger partial charge on any atom is 0.166 e. The van der Waals surface area contributed by atoms with Crippen molar-refractivity contribution in [2.24, 2.45) is 0 Å². The minimum atomic E-state index is 0.0626. The highest BCUT2D eigenvalue weighted by Crippen LogP contribution is 2.32. The summed E-state index contributed by atoms with van der Waals surface area (Å²) in [7, 11) is 1.62. The molecule has 130 valence electrons. The van der Waals surface area contributed by atoms with Crippen LogP contribution >= 0.6 is 11.6 Å².